The Kier molecular flexibility index (Phi) is 4.55. The van der Waals surface area contributed by atoms with Gasteiger partial charge >= 0.3 is 0 Å². The van der Waals surface area contributed by atoms with E-state index in [1.165, 1.54) is 13.3 Å². The third-order valence-electron chi connectivity index (χ3n) is 5.04. The number of hydrogen-bond donors (Lipinski definition) is 2. The van der Waals surface area contributed by atoms with Crippen molar-refractivity contribution in [2.45, 2.75) is 59.9 Å². The van der Waals surface area contributed by atoms with Gasteiger partial charge in [-0.1, -0.05) is 26.7 Å². The number of ketones is 1. The number of carbonyl (C=O) groups excluding carboxylic acids is 2. The van der Waals surface area contributed by atoms with Gasteiger partial charge < -0.3 is 10.3 Å². The molecule has 1 aromatic rings. The number of rotatable bonds is 3. The molecule has 1 amide bonds. The van der Waals surface area contributed by atoms with Gasteiger partial charge in [-0.2, -0.15) is 0 Å². The zero-order chi connectivity index (χ0) is 15.7. The molecule has 0 saturated heterocycles. The number of aromatic amines is 1. The van der Waals surface area contributed by atoms with Crippen LogP contribution in [0, 0.1) is 25.7 Å². The van der Waals surface area contributed by atoms with Crippen molar-refractivity contribution in [2.24, 2.45) is 11.8 Å². The first kappa shape index (κ1) is 15.8. The maximum Gasteiger partial charge on any atom is 0.268 e. The van der Waals surface area contributed by atoms with Gasteiger partial charge in [0.15, 0.2) is 5.78 Å². The lowest BCUT2D eigenvalue weighted by molar-refractivity contribution is 0.0885. The minimum atomic E-state index is -0.0888. The number of Topliss-reactive ketones (excluding diaryl/α,β-unsaturated/α-hetero) is 1. The highest BCUT2D eigenvalue weighted by Crippen LogP contribution is 2.30. The standard InChI is InChI=1S/C17H26N2O2/c1-9-7-6-8-14(10(9)2)19-17(21)16-11(3)15(13(5)20)12(4)18-16/h9-10,14,18H,6-8H2,1-5H3,(H,19,21)/t9-,10-,14+/m0/s1. The van der Waals surface area contributed by atoms with Crippen molar-refractivity contribution < 1.29 is 9.59 Å². The molecule has 2 rings (SSSR count). The predicted molar refractivity (Wildman–Crippen MR) is 83.7 cm³/mol. The van der Waals surface area contributed by atoms with E-state index < -0.39 is 0 Å². The van der Waals surface area contributed by atoms with E-state index in [1.807, 2.05) is 13.8 Å². The zero-order valence-corrected chi connectivity index (χ0v) is 13.7. The van der Waals surface area contributed by atoms with E-state index in [-0.39, 0.29) is 17.7 Å². The van der Waals surface area contributed by atoms with Crippen LogP contribution in [0.1, 0.15) is 72.1 Å². The van der Waals surface area contributed by atoms with Crippen molar-refractivity contribution in [1.29, 1.82) is 0 Å². The molecule has 4 heteroatoms. The lowest BCUT2D eigenvalue weighted by atomic mass is 9.78. The van der Waals surface area contributed by atoms with Crippen LogP contribution in [0.4, 0.5) is 0 Å². The lowest BCUT2D eigenvalue weighted by Gasteiger charge is -2.34. The minimum Gasteiger partial charge on any atom is -0.354 e. The molecular formula is C17H26N2O2. The van der Waals surface area contributed by atoms with Gasteiger partial charge in [-0.15, -0.1) is 0 Å². The number of H-pyrrole nitrogens is 1. The van der Waals surface area contributed by atoms with Crippen LogP contribution in [0.3, 0.4) is 0 Å². The summed E-state index contributed by atoms with van der Waals surface area (Å²) in [5, 5.41) is 3.15. The summed E-state index contributed by atoms with van der Waals surface area (Å²) in [6.45, 7) is 9.67. The molecule has 0 bridgehead atoms. The highest BCUT2D eigenvalue weighted by atomic mass is 16.2. The summed E-state index contributed by atoms with van der Waals surface area (Å²) in [5.74, 6) is 1.05. The van der Waals surface area contributed by atoms with E-state index in [9.17, 15) is 9.59 Å². The van der Waals surface area contributed by atoms with Gasteiger partial charge in [0.25, 0.3) is 5.91 Å². The average molecular weight is 290 g/mol. The summed E-state index contributed by atoms with van der Waals surface area (Å²) < 4.78 is 0. The molecule has 1 aliphatic carbocycles. The van der Waals surface area contributed by atoms with Crippen molar-refractivity contribution in [3.05, 3.63) is 22.5 Å². The summed E-state index contributed by atoms with van der Waals surface area (Å²) in [5.41, 5.74) is 2.71. The first-order chi connectivity index (χ1) is 9.82. The number of aromatic nitrogens is 1. The van der Waals surface area contributed by atoms with Crippen LogP contribution >= 0.6 is 0 Å². The van der Waals surface area contributed by atoms with Crippen molar-refractivity contribution in [2.75, 3.05) is 0 Å². The molecule has 1 aromatic heterocycles. The molecule has 0 aliphatic heterocycles. The Morgan fingerprint density at radius 2 is 1.86 bits per heavy atom. The molecular weight excluding hydrogens is 264 g/mol. The SMILES string of the molecule is CC(=O)c1c(C)[nH]c(C(=O)N[C@@H]2CCC[C@H](C)[C@@H]2C)c1C. The minimum absolute atomic E-state index is 0.0000401. The summed E-state index contributed by atoms with van der Waals surface area (Å²) >= 11 is 0. The second-order valence-corrected chi connectivity index (χ2v) is 6.53. The second kappa shape index (κ2) is 6.04. The van der Waals surface area contributed by atoms with Crippen molar-refractivity contribution >= 4 is 11.7 Å². The molecule has 116 valence electrons. The predicted octanol–water partition coefficient (Wildman–Crippen LogP) is 3.39. The van der Waals surface area contributed by atoms with Crippen molar-refractivity contribution in [3.63, 3.8) is 0 Å². The fraction of sp³-hybridized carbons (Fsp3) is 0.647. The van der Waals surface area contributed by atoms with Gasteiger partial charge in [0.2, 0.25) is 0 Å². The molecule has 1 aliphatic rings. The normalized spacial score (nSPS) is 25.7. The Labute approximate surface area is 126 Å². The fourth-order valence-electron chi connectivity index (χ4n) is 3.53. The monoisotopic (exact) mass is 290 g/mol. The molecule has 1 saturated carbocycles. The highest BCUT2D eigenvalue weighted by molar-refractivity contribution is 6.02. The van der Waals surface area contributed by atoms with Crippen LogP contribution in [0.2, 0.25) is 0 Å². The Hall–Kier alpha value is -1.58. The van der Waals surface area contributed by atoms with Crippen LogP contribution in [-0.2, 0) is 0 Å². The first-order valence-corrected chi connectivity index (χ1v) is 7.83. The van der Waals surface area contributed by atoms with E-state index in [0.717, 1.165) is 24.1 Å². The molecule has 1 fully saturated rings. The molecule has 0 radical (unpaired) electrons. The van der Waals surface area contributed by atoms with E-state index in [2.05, 4.69) is 24.1 Å². The Morgan fingerprint density at radius 3 is 2.43 bits per heavy atom. The van der Waals surface area contributed by atoms with Gasteiger partial charge in [-0.25, -0.2) is 0 Å². The van der Waals surface area contributed by atoms with Crippen LogP contribution in [0.5, 0.6) is 0 Å². The number of hydrogen-bond acceptors (Lipinski definition) is 2. The van der Waals surface area contributed by atoms with Crippen LogP contribution in [-0.4, -0.2) is 22.7 Å². The van der Waals surface area contributed by atoms with Crippen LogP contribution < -0.4 is 5.32 Å². The maximum absolute atomic E-state index is 12.5. The van der Waals surface area contributed by atoms with Gasteiger partial charge in [-0.05, 0) is 44.6 Å². The average Bonchev–Trinajstić information content (AvgIpc) is 2.70. The molecule has 21 heavy (non-hydrogen) atoms. The second-order valence-electron chi connectivity index (χ2n) is 6.53. The van der Waals surface area contributed by atoms with Gasteiger partial charge in [-0.3, -0.25) is 9.59 Å². The molecule has 3 atom stereocenters. The van der Waals surface area contributed by atoms with E-state index in [4.69, 9.17) is 0 Å². The summed E-state index contributed by atoms with van der Waals surface area (Å²) in [4.78, 5) is 27.3. The molecule has 0 unspecified atom stereocenters. The van der Waals surface area contributed by atoms with E-state index >= 15 is 0 Å². The number of amides is 1. The zero-order valence-electron chi connectivity index (χ0n) is 13.7. The third kappa shape index (κ3) is 3.04. The quantitative estimate of drug-likeness (QED) is 0.838. The lowest BCUT2D eigenvalue weighted by Crippen LogP contribution is -2.44. The van der Waals surface area contributed by atoms with Crippen LogP contribution in [0.25, 0.3) is 0 Å². The number of carbonyl (C=O) groups is 2. The van der Waals surface area contributed by atoms with Crippen molar-refractivity contribution in [1.82, 2.24) is 10.3 Å². The first-order valence-electron chi connectivity index (χ1n) is 7.83. The summed E-state index contributed by atoms with van der Waals surface area (Å²) in [7, 11) is 0. The Balaban J connectivity index is 2.18. The molecule has 0 aromatic carbocycles. The Morgan fingerprint density at radius 1 is 1.19 bits per heavy atom. The van der Waals surface area contributed by atoms with Gasteiger partial charge in [0.05, 0.1) is 0 Å². The number of aryl methyl sites for hydroxylation is 1. The fourth-order valence-corrected chi connectivity index (χ4v) is 3.53. The molecule has 0 spiro atoms. The number of nitrogens with one attached hydrogen (secondary N) is 2. The summed E-state index contributed by atoms with van der Waals surface area (Å²) in [6.07, 6.45) is 3.44. The van der Waals surface area contributed by atoms with Crippen molar-refractivity contribution in [3.8, 4) is 0 Å². The topological polar surface area (TPSA) is 62.0 Å². The van der Waals surface area contributed by atoms with Crippen LogP contribution in [0.15, 0.2) is 0 Å². The van der Waals surface area contributed by atoms with Gasteiger partial charge in [0, 0.05) is 17.3 Å². The largest absolute Gasteiger partial charge is 0.354 e. The smallest absolute Gasteiger partial charge is 0.268 e. The third-order valence-corrected chi connectivity index (χ3v) is 5.04. The maximum atomic E-state index is 12.5. The summed E-state index contributed by atoms with van der Waals surface area (Å²) in [6, 6.07) is 0.227. The highest BCUT2D eigenvalue weighted by Gasteiger charge is 2.29. The molecule has 1 heterocycles. The van der Waals surface area contributed by atoms with Gasteiger partial charge in [0.1, 0.15) is 5.69 Å². The molecule has 2 N–H and O–H groups in total. The van der Waals surface area contributed by atoms with E-state index in [1.54, 1.807) is 0 Å². The Bertz CT molecular complexity index is 559. The van der Waals surface area contributed by atoms with E-state index in [0.29, 0.717) is 23.1 Å². The molecule has 4 nitrogen and oxygen atoms in total.